The number of benzene rings is 1. The summed E-state index contributed by atoms with van der Waals surface area (Å²) in [6.45, 7) is 3.40. The monoisotopic (exact) mass is 351 g/mol. The number of hydrogen-bond donors (Lipinski definition) is 0. The molecule has 2 saturated heterocycles. The van der Waals surface area contributed by atoms with Crippen molar-refractivity contribution >= 4 is 5.78 Å². The van der Waals surface area contributed by atoms with Gasteiger partial charge in [0.1, 0.15) is 0 Å². The fourth-order valence-electron chi connectivity index (χ4n) is 4.42. The van der Waals surface area contributed by atoms with Gasteiger partial charge in [-0.3, -0.25) is 9.69 Å². The molecule has 0 amide bonds. The molecule has 2 atom stereocenters. The second-order valence-corrected chi connectivity index (χ2v) is 7.26. The zero-order valence-corrected chi connectivity index (χ0v) is 15.2. The van der Waals surface area contributed by atoms with E-state index < -0.39 is 0 Å². The third-order valence-electron chi connectivity index (χ3n) is 5.65. The normalized spacial score (nSPS) is 25.2. The van der Waals surface area contributed by atoms with Crippen LogP contribution >= 0.6 is 0 Å². The average Bonchev–Trinajstić information content (AvgIpc) is 2.90. The van der Waals surface area contributed by atoms with E-state index in [1.165, 1.54) is 18.4 Å². The molecule has 5 heteroatoms. The summed E-state index contributed by atoms with van der Waals surface area (Å²) in [6, 6.07) is 12.0. The summed E-state index contributed by atoms with van der Waals surface area (Å²) < 4.78 is 5.26. The van der Waals surface area contributed by atoms with Gasteiger partial charge in [-0.2, -0.15) is 0 Å². The second kappa shape index (κ2) is 7.54. The van der Waals surface area contributed by atoms with Crippen LogP contribution < -0.4 is 4.74 Å². The van der Waals surface area contributed by atoms with Gasteiger partial charge in [0.25, 0.3) is 0 Å². The van der Waals surface area contributed by atoms with Crippen LogP contribution in [-0.4, -0.2) is 39.3 Å². The minimum absolute atomic E-state index is 0.0843. The highest BCUT2D eigenvalue weighted by molar-refractivity contribution is 5.97. The molecule has 2 aromatic rings. The van der Waals surface area contributed by atoms with Crippen LogP contribution in [0.2, 0.25) is 0 Å². The quantitative estimate of drug-likeness (QED) is 0.746. The van der Waals surface area contributed by atoms with Gasteiger partial charge in [-0.25, -0.2) is 9.97 Å². The van der Waals surface area contributed by atoms with E-state index in [9.17, 15) is 4.79 Å². The summed E-state index contributed by atoms with van der Waals surface area (Å²) in [7, 11) is 0. The molecule has 0 radical (unpaired) electrons. The predicted molar refractivity (Wildman–Crippen MR) is 99.1 cm³/mol. The summed E-state index contributed by atoms with van der Waals surface area (Å²) in [6.07, 6.45) is 7.49. The molecule has 136 valence electrons. The Balaban J connectivity index is 1.42. The standard InChI is InChI=1S/C21H25N3O2/c1-2-26-21-22-12-17(13-23-21)20(25)16-10-18-8-9-19(11-16)24(18)14-15-6-4-3-5-7-15/h3-7,12-13,16,18-19H,2,8-11,14H2,1H3. The van der Waals surface area contributed by atoms with Gasteiger partial charge in [-0.05, 0) is 38.2 Å². The van der Waals surface area contributed by atoms with E-state index in [2.05, 4.69) is 45.2 Å². The van der Waals surface area contributed by atoms with Crippen molar-refractivity contribution in [2.45, 2.75) is 51.2 Å². The Kier molecular flexibility index (Phi) is 4.98. The number of rotatable bonds is 6. The molecule has 1 aromatic carbocycles. The number of hydrogen-bond acceptors (Lipinski definition) is 5. The molecule has 1 aromatic heterocycles. The van der Waals surface area contributed by atoms with Crippen LogP contribution in [0.4, 0.5) is 0 Å². The molecule has 2 bridgehead atoms. The van der Waals surface area contributed by atoms with E-state index in [-0.39, 0.29) is 11.7 Å². The van der Waals surface area contributed by atoms with Crippen molar-refractivity contribution in [3.63, 3.8) is 0 Å². The minimum atomic E-state index is 0.0843. The minimum Gasteiger partial charge on any atom is -0.464 e. The van der Waals surface area contributed by atoms with E-state index in [0.717, 1.165) is 19.4 Å². The van der Waals surface area contributed by atoms with Gasteiger partial charge in [0, 0.05) is 36.9 Å². The molecule has 5 nitrogen and oxygen atoms in total. The van der Waals surface area contributed by atoms with Crippen molar-refractivity contribution in [1.82, 2.24) is 14.9 Å². The molecule has 0 N–H and O–H groups in total. The largest absolute Gasteiger partial charge is 0.464 e. The fourth-order valence-corrected chi connectivity index (χ4v) is 4.42. The SMILES string of the molecule is CCOc1ncc(C(=O)C2CC3CCC(C2)N3Cc2ccccc2)cn1. The summed E-state index contributed by atoms with van der Waals surface area (Å²) in [5.74, 6) is 0.269. The first-order chi connectivity index (χ1) is 12.7. The van der Waals surface area contributed by atoms with Crippen molar-refractivity contribution in [2.24, 2.45) is 5.92 Å². The van der Waals surface area contributed by atoms with Crippen LogP contribution in [0, 0.1) is 5.92 Å². The highest BCUT2D eigenvalue weighted by Crippen LogP contribution is 2.40. The Morgan fingerprint density at radius 3 is 2.38 bits per heavy atom. The van der Waals surface area contributed by atoms with Crippen LogP contribution in [0.25, 0.3) is 0 Å². The highest BCUT2D eigenvalue weighted by Gasteiger charge is 2.42. The van der Waals surface area contributed by atoms with E-state index in [0.29, 0.717) is 30.3 Å². The zero-order chi connectivity index (χ0) is 17.9. The van der Waals surface area contributed by atoms with Gasteiger partial charge >= 0.3 is 6.01 Å². The number of nitrogens with zero attached hydrogens (tertiary/aromatic N) is 3. The average molecular weight is 351 g/mol. The van der Waals surface area contributed by atoms with E-state index in [4.69, 9.17) is 4.74 Å². The molecule has 2 aliphatic heterocycles. The van der Waals surface area contributed by atoms with Gasteiger partial charge in [0.05, 0.1) is 12.2 Å². The lowest BCUT2D eigenvalue weighted by Gasteiger charge is -2.38. The van der Waals surface area contributed by atoms with Crippen molar-refractivity contribution in [2.75, 3.05) is 6.61 Å². The molecule has 2 fully saturated rings. The summed E-state index contributed by atoms with van der Waals surface area (Å²) in [4.78, 5) is 23.8. The maximum absolute atomic E-state index is 12.9. The van der Waals surface area contributed by atoms with Gasteiger partial charge in [-0.1, -0.05) is 30.3 Å². The van der Waals surface area contributed by atoms with Gasteiger partial charge in [0.2, 0.25) is 0 Å². The van der Waals surface area contributed by atoms with Crippen LogP contribution in [0.5, 0.6) is 6.01 Å². The van der Waals surface area contributed by atoms with Crippen LogP contribution in [0.1, 0.15) is 48.5 Å². The first-order valence-electron chi connectivity index (χ1n) is 9.53. The van der Waals surface area contributed by atoms with Crippen LogP contribution in [-0.2, 0) is 6.54 Å². The fraction of sp³-hybridized carbons (Fsp3) is 0.476. The summed E-state index contributed by atoms with van der Waals surface area (Å²) in [5.41, 5.74) is 1.96. The molecule has 26 heavy (non-hydrogen) atoms. The number of fused-ring (bicyclic) bond motifs is 2. The van der Waals surface area contributed by atoms with Crippen molar-refractivity contribution in [3.8, 4) is 6.01 Å². The Labute approximate surface area is 154 Å². The molecule has 0 aliphatic carbocycles. The second-order valence-electron chi connectivity index (χ2n) is 7.26. The number of ether oxygens (including phenoxy) is 1. The van der Waals surface area contributed by atoms with Gasteiger partial charge < -0.3 is 4.74 Å². The lowest BCUT2D eigenvalue weighted by atomic mass is 9.85. The molecular formula is C21H25N3O2. The van der Waals surface area contributed by atoms with Crippen LogP contribution in [0.15, 0.2) is 42.7 Å². The predicted octanol–water partition coefficient (Wildman–Crippen LogP) is 3.50. The first-order valence-corrected chi connectivity index (χ1v) is 9.53. The maximum atomic E-state index is 12.9. The molecule has 0 spiro atoms. The molecule has 3 heterocycles. The van der Waals surface area contributed by atoms with E-state index >= 15 is 0 Å². The molecular weight excluding hydrogens is 326 g/mol. The number of carbonyl (C=O) groups excluding carboxylic acids is 1. The van der Waals surface area contributed by atoms with Gasteiger partial charge in [-0.15, -0.1) is 0 Å². The number of ketones is 1. The Hall–Kier alpha value is -2.27. The Morgan fingerprint density at radius 2 is 1.77 bits per heavy atom. The van der Waals surface area contributed by atoms with Crippen molar-refractivity contribution in [3.05, 3.63) is 53.9 Å². The lowest BCUT2D eigenvalue weighted by molar-refractivity contribution is 0.0677. The van der Waals surface area contributed by atoms with Crippen molar-refractivity contribution < 1.29 is 9.53 Å². The third kappa shape index (κ3) is 3.49. The third-order valence-corrected chi connectivity index (χ3v) is 5.65. The van der Waals surface area contributed by atoms with Crippen LogP contribution in [0.3, 0.4) is 0 Å². The Bertz CT molecular complexity index is 734. The smallest absolute Gasteiger partial charge is 0.316 e. The molecule has 4 rings (SSSR count). The molecule has 2 aliphatic rings. The topological polar surface area (TPSA) is 55.3 Å². The number of carbonyl (C=O) groups is 1. The van der Waals surface area contributed by atoms with E-state index in [1.807, 2.05) is 6.92 Å². The number of Topliss-reactive ketones (excluding diaryl/α,β-unsaturated/α-hetero) is 1. The Morgan fingerprint density at radius 1 is 1.12 bits per heavy atom. The summed E-state index contributed by atoms with van der Waals surface area (Å²) in [5, 5.41) is 0. The number of aromatic nitrogens is 2. The van der Waals surface area contributed by atoms with E-state index in [1.54, 1.807) is 12.4 Å². The summed E-state index contributed by atoms with van der Waals surface area (Å²) >= 11 is 0. The molecule has 0 saturated carbocycles. The van der Waals surface area contributed by atoms with Crippen molar-refractivity contribution in [1.29, 1.82) is 0 Å². The maximum Gasteiger partial charge on any atom is 0.316 e. The number of piperidine rings is 1. The molecule has 2 unspecified atom stereocenters. The lowest BCUT2D eigenvalue weighted by Crippen LogP contribution is -2.44. The van der Waals surface area contributed by atoms with Gasteiger partial charge in [0.15, 0.2) is 5.78 Å². The first kappa shape index (κ1) is 17.2. The zero-order valence-electron chi connectivity index (χ0n) is 15.2. The highest BCUT2D eigenvalue weighted by atomic mass is 16.5.